The maximum absolute atomic E-state index is 14.1. The molecule has 7 unspecified atom stereocenters. The molecule has 0 aromatic heterocycles. The second-order valence-corrected chi connectivity index (χ2v) is 11.2. The van der Waals surface area contributed by atoms with Crippen LogP contribution >= 0.6 is 0 Å². The number of nitrogens with two attached hydrogens (primary N) is 1. The Morgan fingerprint density at radius 1 is 1.21 bits per heavy atom. The molecule has 1 aliphatic carbocycles. The van der Waals surface area contributed by atoms with E-state index in [4.69, 9.17) is 19.9 Å². The highest BCUT2D eigenvalue weighted by molar-refractivity contribution is 6.28. The summed E-state index contributed by atoms with van der Waals surface area (Å²) in [5.41, 5.74) is 4.59. The van der Waals surface area contributed by atoms with E-state index in [1.54, 1.807) is 31.2 Å². The lowest BCUT2D eigenvalue weighted by atomic mass is 9.82. The number of benzene rings is 1. The van der Waals surface area contributed by atoms with E-state index in [1.807, 2.05) is 19.9 Å². The molecular formula is C31H33N2O9+. The summed E-state index contributed by atoms with van der Waals surface area (Å²) in [6.45, 7) is 5.52. The Hall–Kier alpha value is -3.87. The molecule has 0 bridgehead atoms. The van der Waals surface area contributed by atoms with Gasteiger partial charge in [-0.25, -0.2) is 0 Å². The molecule has 0 spiro atoms. The van der Waals surface area contributed by atoms with Crippen molar-refractivity contribution in [1.82, 2.24) is 0 Å². The molecule has 2 aromatic rings. The quantitative estimate of drug-likeness (QED) is 0.345. The van der Waals surface area contributed by atoms with Crippen LogP contribution in [0, 0.1) is 0 Å². The highest BCUT2D eigenvalue weighted by Gasteiger charge is 2.63. The van der Waals surface area contributed by atoms with Gasteiger partial charge in [0, 0.05) is 36.3 Å². The topological polar surface area (TPSA) is 170 Å². The van der Waals surface area contributed by atoms with E-state index < -0.39 is 58.6 Å². The van der Waals surface area contributed by atoms with Gasteiger partial charge < -0.3 is 35.3 Å². The molecule has 1 saturated heterocycles. The number of aliphatic hydroxyl groups excluding tert-OH is 1. The molecule has 3 aliphatic heterocycles. The van der Waals surface area contributed by atoms with Gasteiger partial charge in [0.1, 0.15) is 35.2 Å². The highest BCUT2D eigenvalue weighted by atomic mass is 16.7. The lowest BCUT2D eigenvalue weighted by Gasteiger charge is -2.44. The number of allylic oxidation sites excluding steroid dienone is 3. The zero-order valence-electron chi connectivity index (χ0n) is 23.6. The first kappa shape index (κ1) is 28.3. The number of nitrogens with one attached hydrogen (secondary N) is 1. The van der Waals surface area contributed by atoms with Crippen LogP contribution in [0.25, 0.3) is 5.57 Å². The first-order valence-electron chi connectivity index (χ1n) is 13.9. The summed E-state index contributed by atoms with van der Waals surface area (Å²) in [5, 5.41) is 34.5. The first-order valence-corrected chi connectivity index (χ1v) is 13.9. The Labute approximate surface area is 241 Å². The van der Waals surface area contributed by atoms with Crippen molar-refractivity contribution in [3.63, 3.8) is 0 Å². The van der Waals surface area contributed by atoms with Gasteiger partial charge in [-0.05, 0) is 38.5 Å². The van der Waals surface area contributed by atoms with Crippen LogP contribution in [0.4, 0.5) is 5.69 Å². The van der Waals surface area contributed by atoms with Crippen LogP contribution in [-0.2, 0) is 15.1 Å². The zero-order chi connectivity index (χ0) is 30.2. The van der Waals surface area contributed by atoms with Crippen molar-refractivity contribution in [3.8, 4) is 11.5 Å². The van der Waals surface area contributed by atoms with Gasteiger partial charge in [-0.3, -0.25) is 19.3 Å². The number of ketones is 1. The van der Waals surface area contributed by atoms with Crippen LogP contribution < -0.4 is 20.8 Å². The van der Waals surface area contributed by atoms with Crippen molar-refractivity contribution in [1.29, 1.82) is 0 Å². The molecule has 1 fully saturated rings. The molecule has 6 rings (SSSR count). The standard InChI is InChI=1S/C31H32N2O9/c1-5-8-19-22-16(11-13(2)33(19)18-10-7-6-9-15(18)29(32)38)21-17(24(22)35)12-20(34)23-27(25(21)36)42-30-31(23,39)28(37)26(40-4)14(3)41-30/h6-7,9-14,26,28,30,36-37,39H,5,8H2,1-4H3,(H2,32,38)/p+1. The first-order chi connectivity index (χ1) is 20.0. The molecule has 11 nitrogen and oxygen atoms in total. The summed E-state index contributed by atoms with van der Waals surface area (Å²) in [7, 11) is 1.34. The molecule has 2 aromatic carbocycles. The number of Topliss-reactive ketones (excluding diaryl/α,β-unsaturated/α-hetero) is 1. The van der Waals surface area contributed by atoms with Gasteiger partial charge in [0.2, 0.25) is 6.29 Å². The Kier molecular flexibility index (Phi) is 6.63. The van der Waals surface area contributed by atoms with Gasteiger partial charge in [0.25, 0.3) is 5.91 Å². The van der Waals surface area contributed by atoms with Crippen molar-refractivity contribution in [2.24, 2.45) is 5.73 Å². The number of rotatable bonds is 5. The van der Waals surface area contributed by atoms with Gasteiger partial charge in [-0.1, -0.05) is 19.1 Å². The number of amides is 1. The minimum Gasteiger partial charge on any atom is -0.504 e. The van der Waals surface area contributed by atoms with E-state index in [9.17, 15) is 29.7 Å². The second kappa shape index (κ2) is 9.85. The SMILES string of the molecule is CCCC1=C2C(=O)c3cc(=O)c4c(c(O)c3C2=CC(C)[NH+]1c1ccccc1C(N)=O)OC1OC(C)C(OC)C(O)C41O. The predicted octanol–water partition coefficient (Wildman–Crippen LogP) is 0.805. The summed E-state index contributed by atoms with van der Waals surface area (Å²) >= 11 is 0. The van der Waals surface area contributed by atoms with Crippen LogP contribution in [0.2, 0.25) is 0 Å². The Morgan fingerprint density at radius 3 is 2.60 bits per heavy atom. The summed E-state index contributed by atoms with van der Waals surface area (Å²) < 4.78 is 16.9. The number of fused-ring (bicyclic) bond motifs is 6. The summed E-state index contributed by atoms with van der Waals surface area (Å²) in [4.78, 5) is 40.9. The molecule has 6 N–H and O–H groups in total. The summed E-state index contributed by atoms with van der Waals surface area (Å²) in [5.74, 6) is -1.94. The maximum atomic E-state index is 14.1. The summed E-state index contributed by atoms with van der Waals surface area (Å²) in [6, 6.07) is 7.72. The number of carbonyl (C=O) groups is 2. The number of aromatic hydroxyl groups is 1. The van der Waals surface area contributed by atoms with Crippen LogP contribution in [0.15, 0.2) is 52.5 Å². The molecule has 4 aliphatic rings. The van der Waals surface area contributed by atoms with Crippen LogP contribution in [-0.4, -0.2) is 64.8 Å². The number of methoxy groups -OCH3 is 1. The molecule has 0 radical (unpaired) electrons. The number of primary amides is 1. The predicted molar refractivity (Wildman–Crippen MR) is 149 cm³/mol. The molecule has 7 atom stereocenters. The van der Waals surface area contributed by atoms with Gasteiger partial charge in [0.05, 0.1) is 17.2 Å². The minimum atomic E-state index is -2.35. The van der Waals surface area contributed by atoms with Gasteiger partial charge in [0.15, 0.2) is 28.3 Å². The average Bonchev–Trinajstić information content (AvgIpc) is 3.35. The van der Waals surface area contributed by atoms with Crippen LogP contribution in [0.3, 0.4) is 0 Å². The monoisotopic (exact) mass is 577 g/mol. The van der Waals surface area contributed by atoms with E-state index in [0.717, 1.165) is 11.0 Å². The Bertz CT molecular complexity index is 1660. The fourth-order valence-electron chi connectivity index (χ4n) is 6.97. The number of hydrogen-bond donors (Lipinski definition) is 5. The van der Waals surface area contributed by atoms with Crippen molar-refractivity contribution in [2.75, 3.05) is 7.11 Å². The zero-order valence-corrected chi connectivity index (χ0v) is 23.6. The van der Waals surface area contributed by atoms with Gasteiger partial charge >= 0.3 is 0 Å². The van der Waals surface area contributed by atoms with Gasteiger partial charge in [-0.15, -0.1) is 0 Å². The maximum Gasteiger partial charge on any atom is 0.254 e. The third-order valence-electron chi connectivity index (χ3n) is 8.78. The van der Waals surface area contributed by atoms with Crippen molar-refractivity contribution < 1.29 is 44.0 Å². The lowest BCUT2D eigenvalue weighted by molar-refractivity contribution is -0.812. The summed E-state index contributed by atoms with van der Waals surface area (Å²) in [6.07, 6.45) is -1.83. The molecule has 42 heavy (non-hydrogen) atoms. The number of hydrogen-bond acceptors (Lipinski definition) is 9. The molecule has 11 heteroatoms. The number of carbonyl (C=O) groups excluding carboxylic acids is 2. The van der Waals surface area contributed by atoms with Crippen molar-refractivity contribution >= 4 is 23.0 Å². The second-order valence-electron chi connectivity index (χ2n) is 11.2. The van der Waals surface area contributed by atoms with Crippen molar-refractivity contribution in [3.05, 3.63) is 80.2 Å². The molecule has 1 amide bonds. The van der Waals surface area contributed by atoms with E-state index >= 15 is 0 Å². The number of quaternary nitrogens is 1. The Morgan fingerprint density at radius 2 is 1.93 bits per heavy atom. The third-order valence-corrected chi connectivity index (χ3v) is 8.78. The molecule has 3 heterocycles. The molecular weight excluding hydrogens is 544 g/mol. The number of ether oxygens (including phenoxy) is 3. The van der Waals surface area contributed by atoms with E-state index in [-0.39, 0.29) is 22.9 Å². The van der Waals surface area contributed by atoms with Crippen LogP contribution in [0.1, 0.15) is 65.5 Å². The van der Waals surface area contributed by atoms with Crippen molar-refractivity contribution in [2.45, 2.75) is 69.9 Å². The van der Waals surface area contributed by atoms with E-state index in [2.05, 4.69) is 0 Å². The number of para-hydroxylation sites is 1. The number of aliphatic hydroxyl groups is 2. The highest BCUT2D eigenvalue weighted by Crippen LogP contribution is 2.54. The Balaban J connectivity index is 1.58. The van der Waals surface area contributed by atoms with Gasteiger partial charge in [-0.2, -0.15) is 0 Å². The molecule has 220 valence electrons. The average molecular weight is 578 g/mol. The molecule has 0 saturated carbocycles. The van der Waals surface area contributed by atoms with E-state index in [1.165, 1.54) is 7.11 Å². The van der Waals surface area contributed by atoms with Crippen LogP contribution in [0.5, 0.6) is 11.5 Å². The minimum absolute atomic E-state index is 0.0509. The normalized spacial score (nSPS) is 31.1. The smallest absolute Gasteiger partial charge is 0.254 e. The fraction of sp³-hybridized carbons (Fsp3) is 0.387. The third kappa shape index (κ3) is 3.68. The van der Waals surface area contributed by atoms with E-state index in [0.29, 0.717) is 40.9 Å². The lowest BCUT2D eigenvalue weighted by Crippen LogP contribution is -3.09. The fourth-order valence-corrected chi connectivity index (χ4v) is 6.97. The largest absolute Gasteiger partial charge is 0.504 e.